The Balaban J connectivity index is 1.32. The molecule has 242 valence electrons. The first-order valence-corrected chi connectivity index (χ1v) is 16.3. The number of carbonyl (C=O) groups excluding carboxylic acids is 4. The summed E-state index contributed by atoms with van der Waals surface area (Å²) < 4.78 is 0. The molecular weight excluding hydrogens is 604 g/mol. The Hall–Kier alpha value is -4.05. The van der Waals surface area contributed by atoms with E-state index in [4.69, 9.17) is 11.6 Å². The monoisotopic (exact) mass is 644 g/mol. The topological polar surface area (TPSA) is 119 Å². The van der Waals surface area contributed by atoms with Gasteiger partial charge in [0.15, 0.2) is 5.78 Å². The highest BCUT2D eigenvalue weighted by atomic mass is 35.5. The van der Waals surface area contributed by atoms with Crippen molar-refractivity contribution >= 4 is 40.8 Å². The van der Waals surface area contributed by atoms with Crippen LogP contribution in [0.5, 0.6) is 0 Å². The molecule has 0 aromatic heterocycles. The summed E-state index contributed by atoms with van der Waals surface area (Å²) in [5, 5.41) is 16.4. The van der Waals surface area contributed by atoms with Crippen LogP contribution in [0.25, 0.3) is 0 Å². The summed E-state index contributed by atoms with van der Waals surface area (Å²) in [6.07, 6.45) is 1.67. The average molecular weight is 645 g/mol. The van der Waals surface area contributed by atoms with Gasteiger partial charge in [-0.2, -0.15) is 0 Å². The van der Waals surface area contributed by atoms with Gasteiger partial charge >= 0.3 is 0 Å². The predicted molar refractivity (Wildman–Crippen MR) is 178 cm³/mol. The quantitative estimate of drug-likeness (QED) is 0.264. The first-order chi connectivity index (χ1) is 22.2. The van der Waals surface area contributed by atoms with Gasteiger partial charge in [-0.25, -0.2) is 0 Å². The Morgan fingerprint density at radius 3 is 2.35 bits per heavy atom. The van der Waals surface area contributed by atoms with E-state index in [1.165, 1.54) is 0 Å². The van der Waals surface area contributed by atoms with Gasteiger partial charge in [0.2, 0.25) is 17.7 Å². The van der Waals surface area contributed by atoms with Crippen LogP contribution in [0.15, 0.2) is 72.8 Å². The molecule has 3 aromatic carbocycles. The number of aliphatic hydroxyl groups excluding tert-OH is 1. The van der Waals surface area contributed by atoms with Crippen molar-refractivity contribution in [3.8, 4) is 0 Å². The Bertz CT molecular complexity index is 1560. The van der Waals surface area contributed by atoms with Crippen LogP contribution < -0.4 is 10.6 Å². The van der Waals surface area contributed by atoms with Crippen LogP contribution in [-0.2, 0) is 27.3 Å². The number of rotatable bonds is 11. The molecule has 2 aliphatic heterocycles. The van der Waals surface area contributed by atoms with Crippen molar-refractivity contribution in [1.82, 2.24) is 15.1 Å². The number of Topliss-reactive ketones (excluding diaryl/α,β-unsaturated/α-hetero) is 1. The van der Waals surface area contributed by atoms with Gasteiger partial charge in [0.25, 0.3) is 0 Å². The fraction of sp³-hybridized carbons (Fsp3) is 0.389. The van der Waals surface area contributed by atoms with Gasteiger partial charge in [-0.1, -0.05) is 66.2 Å². The first kappa shape index (κ1) is 33.3. The van der Waals surface area contributed by atoms with Gasteiger partial charge in [-0.05, 0) is 61.1 Å². The molecule has 3 amide bonds. The number of nitrogens with one attached hydrogen (secondary N) is 2. The lowest BCUT2D eigenvalue weighted by molar-refractivity contribution is -0.142. The first-order valence-electron chi connectivity index (χ1n) is 15.9. The van der Waals surface area contributed by atoms with E-state index in [9.17, 15) is 24.3 Å². The highest BCUT2D eigenvalue weighted by Crippen LogP contribution is 2.25. The second-order valence-corrected chi connectivity index (χ2v) is 12.6. The highest BCUT2D eigenvalue weighted by Gasteiger charge is 2.36. The lowest BCUT2D eigenvalue weighted by Crippen LogP contribution is -2.56. The SMILES string of the molecule is Cc1cc(NC(=O)C(CCN2CCC(O)CC2)NC(=O)C2Cc3ccccc3CN2C(=O)CCC(=O)c2ccccc2)ccc1Cl. The predicted octanol–water partition coefficient (Wildman–Crippen LogP) is 4.54. The number of hydrogen-bond acceptors (Lipinski definition) is 6. The van der Waals surface area contributed by atoms with Crippen molar-refractivity contribution in [1.29, 1.82) is 0 Å². The number of likely N-dealkylation sites (tertiary alicyclic amines) is 1. The van der Waals surface area contributed by atoms with Crippen molar-refractivity contribution < 1.29 is 24.3 Å². The Morgan fingerprint density at radius 1 is 0.935 bits per heavy atom. The van der Waals surface area contributed by atoms with E-state index in [1.54, 1.807) is 47.4 Å². The maximum absolute atomic E-state index is 14.0. The van der Waals surface area contributed by atoms with E-state index in [0.717, 1.165) is 16.7 Å². The van der Waals surface area contributed by atoms with Gasteiger partial charge in [-0.3, -0.25) is 19.2 Å². The number of ketones is 1. The zero-order chi connectivity index (χ0) is 32.6. The number of anilines is 1. The largest absolute Gasteiger partial charge is 0.393 e. The summed E-state index contributed by atoms with van der Waals surface area (Å²) in [5.41, 5.74) is 3.85. The minimum atomic E-state index is -0.871. The van der Waals surface area contributed by atoms with Crippen molar-refractivity contribution in [2.45, 2.75) is 70.2 Å². The highest BCUT2D eigenvalue weighted by molar-refractivity contribution is 6.31. The third-order valence-corrected chi connectivity index (χ3v) is 9.31. The number of nitrogens with zero attached hydrogens (tertiary/aromatic N) is 2. The van der Waals surface area contributed by atoms with Gasteiger partial charge < -0.3 is 25.5 Å². The number of carbonyl (C=O) groups is 4. The van der Waals surface area contributed by atoms with E-state index in [-0.39, 0.29) is 43.1 Å². The second-order valence-electron chi connectivity index (χ2n) is 12.2. The number of aryl methyl sites for hydroxylation is 1. The van der Waals surface area contributed by atoms with Crippen LogP contribution in [0.1, 0.15) is 59.2 Å². The number of piperidine rings is 1. The standard InChI is InChI=1S/C36H41ClN4O5/c1-24-21-28(11-12-30(24)37)38-35(45)31(17-20-40-18-15-29(42)16-19-40)39-36(46)32-22-26-9-5-6-10-27(26)23-41(32)34(44)14-13-33(43)25-7-3-2-4-8-25/h2-12,21,29,31-32,42H,13-20,22-23H2,1H3,(H,38,45)(H,39,46). The van der Waals surface area contributed by atoms with Gasteiger partial charge in [0.1, 0.15) is 12.1 Å². The molecule has 2 atom stereocenters. The molecule has 10 heteroatoms. The van der Waals surface area contributed by atoms with Crippen molar-refractivity contribution in [3.63, 3.8) is 0 Å². The molecule has 2 unspecified atom stereocenters. The Kier molecular flexibility index (Phi) is 11.2. The van der Waals surface area contributed by atoms with Crippen LogP contribution in [0.2, 0.25) is 5.02 Å². The van der Waals surface area contributed by atoms with E-state index >= 15 is 0 Å². The smallest absolute Gasteiger partial charge is 0.246 e. The molecular formula is C36H41ClN4O5. The molecule has 0 saturated carbocycles. The maximum atomic E-state index is 14.0. The summed E-state index contributed by atoms with van der Waals surface area (Å²) in [4.78, 5) is 57.8. The Morgan fingerprint density at radius 2 is 1.63 bits per heavy atom. The number of benzene rings is 3. The molecule has 46 heavy (non-hydrogen) atoms. The molecule has 0 radical (unpaired) electrons. The van der Waals surface area contributed by atoms with Gasteiger partial charge in [-0.15, -0.1) is 0 Å². The molecule has 0 spiro atoms. The maximum Gasteiger partial charge on any atom is 0.246 e. The molecule has 1 saturated heterocycles. The fourth-order valence-corrected chi connectivity index (χ4v) is 6.21. The molecule has 0 bridgehead atoms. The molecule has 1 fully saturated rings. The Labute approximate surface area is 274 Å². The van der Waals surface area contributed by atoms with Crippen LogP contribution >= 0.6 is 11.6 Å². The molecule has 5 rings (SSSR count). The summed E-state index contributed by atoms with van der Waals surface area (Å²) >= 11 is 6.18. The molecule has 0 aliphatic carbocycles. The van der Waals surface area contributed by atoms with Crippen LogP contribution in [0, 0.1) is 6.92 Å². The molecule has 3 aromatic rings. The zero-order valence-corrected chi connectivity index (χ0v) is 26.8. The van der Waals surface area contributed by atoms with E-state index in [1.807, 2.05) is 37.3 Å². The van der Waals surface area contributed by atoms with E-state index < -0.39 is 18.0 Å². The average Bonchev–Trinajstić information content (AvgIpc) is 3.07. The fourth-order valence-electron chi connectivity index (χ4n) is 6.09. The third-order valence-electron chi connectivity index (χ3n) is 8.88. The third kappa shape index (κ3) is 8.60. The summed E-state index contributed by atoms with van der Waals surface area (Å²) in [6.45, 7) is 4.07. The van der Waals surface area contributed by atoms with Gasteiger partial charge in [0.05, 0.1) is 6.10 Å². The number of hydrogen-bond donors (Lipinski definition) is 3. The molecule has 3 N–H and O–H groups in total. The lowest BCUT2D eigenvalue weighted by atomic mass is 9.92. The number of amides is 3. The van der Waals surface area contributed by atoms with E-state index in [0.29, 0.717) is 61.6 Å². The number of halogens is 1. The second kappa shape index (κ2) is 15.5. The summed E-state index contributed by atoms with van der Waals surface area (Å²) in [7, 11) is 0. The van der Waals surface area contributed by atoms with Crippen LogP contribution in [0.4, 0.5) is 5.69 Å². The number of fused-ring (bicyclic) bond motifs is 1. The minimum absolute atomic E-state index is 0.0275. The molecule has 9 nitrogen and oxygen atoms in total. The zero-order valence-electron chi connectivity index (χ0n) is 26.1. The van der Waals surface area contributed by atoms with Crippen molar-refractivity contribution in [2.75, 3.05) is 25.0 Å². The summed E-state index contributed by atoms with van der Waals surface area (Å²) in [5.74, 6) is -1.20. The molecule has 2 heterocycles. The normalized spacial score (nSPS) is 17.5. The van der Waals surface area contributed by atoms with Crippen LogP contribution in [-0.4, -0.2) is 76.2 Å². The van der Waals surface area contributed by atoms with Crippen LogP contribution in [0.3, 0.4) is 0 Å². The molecule has 2 aliphatic rings. The van der Waals surface area contributed by atoms with Crippen molar-refractivity contribution in [2.24, 2.45) is 0 Å². The van der Waals surface area contributed by atoms with Gasteiger partial charge in [0, 0.05) is 61.7 Å². The number of aliphatic hydroxyl groups is 1. The summed E-state index contributed by atoms with van der Waals surface area (Å²) in [6, 6.07) is 20.0. The van der Waals surface area contributed by atoms with E-state index in [2.05, 4.69) is 15.5 Å². The van der Waals surface area contributed by atoms with Crippen molar-refractivity contribution in [3.05, 3.63) is 100 Å². The lowest BCUT2D eigenvalue weighted by Gasteiger charge is -2.37. The minimum Gasteiger partial charge on any atom is -0.393 e.